The van der Waals surface area contributed by atoms with Crippen LogP contribution in [0.25, 0.3) is 10.9 Å². The van der Waals surface area contributed by atoms with E-state index in [1.54, 1.807) is 30.5 Å². The van der Waals surface area contributed by atoms with Crippen molar-refractivity contribution in [2.75, 3.05) is 0 Å². The van der Waals surface area contributed by atoms with Crippen LogP contribution in [-0.4, -0.2) is 16.1 Å². The second kappa shape index (κ2) is 3.99. The number of fused-ring (bicyclic) bond motifs is 1. The molecule has 16 heavy (non-hydrogen) atoms. The molecule has 0 aliphatic carbocycles. The molecule has 4 nitrogen and oxygen atoms in total. The highest BCUT2D eigenvalue weighted by molar-refractivity contribution is 5.81. The zero-order valence-electron chi connectivity index (χ0n) is 8.34. The minimum absolute atomic E-state index is 0.0558. The number of pyridine rings is 1. The van der Waals surface area contributed by atoms with E-state index in [2.05, 4.69) is 4.98 Å². The Morgan fingerprint density at radius 1 is 1.44 bits per heavy atom. The van der Waals surface area contributed by atoms with Gasteiger partial charge in [0.2, 0.25) is 0 Å². The van der Waals surface area contributed by atoms with E-state index in [0.717, 1.165) is 10.9 Å². The second-order valence-electron chi connectivity index (χ2n) is 3.43. The Labute approximate surface area is 91.8 Å². The summed E-state index contributed by atoms with van der Waals surface area (Å²) >= 11 is 0. The van der Waals surface area contributed by atoms with Gasteiger partial charge in [0.25, 0.3) is 0 Å². The molecule has 1 heterocycles. The number of nitriles is 1. The molecular formula is C12H8N2O2. The Morgan fingerprint density at radius 2 is 2.25 bits per heavy atom. The minimum Gasteiger partial charge on any atom is -0.481 e. The molecule has 4 heteroatoms. The molecule has 78 valence electrons. The maximum atomic E-state index is 10.5. The summed E-state index contributed by atoms with van der Waals surface area (Å²) in [5, 5.41) is 18.2. The third-order valence-corrected chi connectivity index (χ3v) is 2.22. The molecule has 0 unspecified atom stereocenters. The molecule has 1 aromatic heterocycles. The van der Waals surface area contributed by atoms with Gasteiger partial charge in [-0.2, -0.15) is 5.26 Å². The van der Waals surface area contributed by atoms with Crippen LogP contribution in [0.15, 0.2) is 30.5 Å². The molecule has 2 rings (SSSR count). The van der Waals surface area contributed by atoms with Crippen LogP contribution in [0.3, 0.4) is 0 Å². The highest BCUT2D eigenvalue weighted by Crippen LogP contribution is 2.15. The van der Waals surface area contributed by atoms with Crippen LogP contribution in [0.5, 0.6) is 0 Å². The van der Waals surface area contributed by atoms with E-state index in [1.807, 2.05) is 6.07 Å². The standard InChI is InChI=1S/C12H8N2O2/c13-6-8-1-2-11-10(3-8)4-9(7-14-11)5-12(15)16/h1-4,7H,5H2,(H,15,16). The highest BCUT2D eigenvalue weighted by Gasteiger charge is 2.03. The SMILES string of the molecule is N#Cc1ccc2ncc(CC(=O)O)cc2c1. The lowest BCUT2D eigenvalue weighted by Crippen LogP contribution is -2.00. The molecule has 1 N–H and O–H groups in total. The van der Waals surface area contributed by atoms with Gasteiger partial charge in [0.05, 0.1) is 23.6 Å². The largest absolute Gasteiger partial charge is 0.481 e. The van der Waals surface area contributed by atoms with E-state index >= 15 is 0 Å². The van der Waals surface area contributed by atoms with Crippen LogP contribution in [-0.2, 0) is 11.2 Å². The van der Waals surface area contributed by atoms with Gasteiger partial charge in [-0.3, -0.25) is 9.78 Å². The van der Waals surface area contributed by atoms with Crippen LogP contribution >= 0.6 is 0 Å². The normalized spacial score (nSPS) is 9.94. The molecule has 0 spiro atoms. The maximum Gasteiger partial charge on any atom is 0.307 e. The Kier molecular flexibility index (Phi) is 2.52. The molecule has 0 bridgehead atoms. The van der Waals surface area contributed by atoms with Crippen molar-refractivity contribution >= 4 is 16.9 Å². The number of aliphatic carboxylic acids is 1. The fraction of sp³-hybridized carbons (Fsp3) is 0.0833. The molecule has 0 saturated carbocycles. The molecule has 0 fully saturated rings. The smallest absolute Gasteiger partial charge is 0.307 e. The molecule has 0 amide bonds. The summed E-state index contributed by atoms with van der Waals surface area (Å²) in [5.74, 6) is -0.891. The lowest BCUT2D eigenvalue weighted by atomic mass is 10.1. The van der Waals surface area contributed by atoms with Crippen molar-refractivity contribution in [2.24, 2.45) is 0 Å². The van der Waals surface area contributed by atoms with Crippen molar-refractivity contribution in [1.82, 2.24) is 4.98 Å². The van der Waals surface area contributed by atoms with Crippen LogP contribution < -0.4 is 0 Å². The summed E-state index contributed by atoms with van der Waals surface area (Å²) < 4.78 is 0. The van der Waals surface area contributed by atoms with Crippen LogP contribution in [0, 0.1) is 11.3 Å². The van der Waals surface area contributed by atoms with Gasteiger partial charge in [-0.25, -0.2) is 0 Å². The zero-order valence-corrected chi connectivity index (χ0v) is 8.34. The van der Waals surface area contributed by atoms with Gasteiger partial charge in [-0.1, -0.05) is 0 Å². The van der Waals surface area contributed by atoms with Crippen LogP contribution in [0.4, 0.5) is 0 Å². The van der Waals surface area contributed by atoms with E-state index in [-0.39, 0.29) is 6.42 Å². The van der Waals surface area contributed by atoms with E-state index in [9.17, 15) is 4.79 Å². The molecule has 0 aliphatic heterocycles. The van der Waals surface area contributed by atoms with Crippen molar-refractivity contribution < 1.29 is 9.90 Å². The van der Waals surface area contributed by atoms with E-state index in [0.29, 0.717) is 11.1 Å². The number of aromatic nitrogens is 1. The lowest BCUT2D eigenvalue weighted by Gasteiger charge is -2.00. The predicted octanol–water partition coefficient (Wildman–Crippen LogP) is 1.73. The van der Waals surface area contributed by atoms with Crippen LogP contribution in [0.1, 0.15) is 11.1 Å². The number of carboxylic acids is 1. The molecule has 0 aliphatic rings. The molecule has 1 aromatic carbocycles. The van der Waals surface area contributed by atoms with E-state index < -0.39 is 5.97 Å². The third-order valence-electron chi connectivity index (χ3n) is 2.22. The van der Waals surface area contributed by atoms with Crippen molar-refractivity contribution in [3.8, 4) is 6.07 Å². The molecule has 0 radical (unpaired) electrons. The number of carboxylic acid groups (broad SMARTS) is 1. The number of benzene rings is 1. The first kappa shape index (κ1) is 10.1. The summed E-state index contributed by atoms with van der Waals surface area (Å²) in [4.78, 5) is 14.7. The molecular weight excluding hydrogens is 204 g/mol. The van der Waals surface area contributed by atoms with Gasteiger partial charge >= 0.3 is 5.97 Å². The van der Waals surface area contributed by atoms with Gasteiger partial charge in [-0.05, 0) is 29.8 Å². The molecule has 2 aromatic rings. The van der Waals surface area contributed by atoms with E-state index in [4.69, 9.17) is 10.4 Å². The average molecular weight is 212 g/mol. The average Bonchev–Trinajstić information content (AvgIpc) is 2.27. The van der Waals surface area contributed by atoms with Gasteiger partial charge < -0.3 is 5.11 Å². The van der Waals surface area contributed by atoms with Crippen molar-refractivity contribution in [1.29, 1.82) is 5.26 Å². The first-order chi connectivity index (χ1) is 7.69. The first-order valence-corrected chi connectivity index (χ1v) is 4.69. The Bertz CT molecular complexity index is 599. The van der Waals surface area contributed by atoms with Gasteiger partial charge in [0, 0.05) is 11.6 Å². The third kappa shape index (κ3) is 1.98. The highest BCUT2D eigenvalue weighted by atomic mass is 16.4. The zero-order chi connectivity index (χ0) is 11.5. The summed E-state index contributed by atoms with van der Waals surface area (Å²) in [7, 11) is 0. The summed E-state index contributed by atoms with van der Waals surface area (Å²) in [5.41, 5.74) is 1.94. The fourth-order valence-electron chi connectivity index (χ4n) is 1.52. The number of hydrogen-bond acceptors (Lipinski definition) is 3. The summed E-state index contributed by atoms with van der Waals surface area (Å²) in [6, 6.07) is 8.92. The van der Waals surface area contributed by atoms with Gasteiger partial charge in [0.1, 0.15) is 0 Å². The first-order valence-electron chi connectivity index (χ1n) is 4.69. The lowest BCUT2D eigenvalue weighted by molar-refractivity contribution is -0.136. The van der Waals surface area contributed by atoms with Crippen molar-refractivity contribution in [2.45, 2.75) is 6.42 Å². The van der Waals surface area contributed by atoms with Crippen molar-refractivity contribution in [3.05, 3.63) is 41.6 Å². The molecule has 0 atom stereocenters. The quantitative estimate of drug-likeness (QED) is 0.822. The number of rotatable bonds is 2. The fourth-order valence-corrected chi connectivity index (χ4v) is 1.52. The van der Waals surface area contributed by atoms with E-state index in [1.165, 1.54) is 0 Å². The predicted molar refractivity (Wildman–Crippen MR) is 57.8 cm³/mol. The van der Waals surface area contributed by atoms with Crippen LogP contribution in [0.2, 0.25) is 0 Å². The number of hydrogen-bond donors (Lipinski definition) is 1. The second-order valence-corrected chi connectivity index (χ2v) is 3.43. The maximum absolute atomic E-state index is 10.5. The van der Waals surface area contributed by atoms with Crippen molar-refractivity contribution in [3.63, 3.8) is 0 Å². The number of carbonyl (C=O) groups is 1. The van der Waals surface area contributed by atoms with Gasteiger partial charge in [-0.15, -0.1) is 0 Å². The molecule has 0 saturated heterocycles. The topological polar surface area (TPSA) is 74.0 Å². The number of nitrogens with zero attached hydrogens (tertiary/aromatic N) is 2. The monoisotopic (exact) mass is 212 g/mol. The summed E-state index contributed by atoms with van der Waals surface area (Å²) in [6.07, 6.45) is 1.49. The Morgan fingerprint density at radius 3 is 2.94 bits per heavy atom. The van der Waals surface area contributed by atoms with Gasteiger partial charge in [0.15, 0.2) is 0 Å². The minimum atomic E-state index is -0.891. The Balaban J connectivity index is 2.51. The summed E-state index contributed by atoms with van der Waals surface area (Å²) in [6.45, 7) is 0. The Hall–Kier alpha value is -2.41.